The normalized spacial score (nSPS) is 18.9. The lowest BCUT2D eigenvalue weighted by atomic mass is 9.98. The minimum atomic E-state index is -4.29. The van der Waals surface area contributed by atoms with Crippen molar-refractivity contribution in [3.05, 3.63) is 23.2 Å². The van der Waals surface area contributed by atoms with Crippen LogP contribution in [0.3, 0.4) is 0 Å². The van der Waals surface area contributed by atoms with Crippen molar-refractivity contribution in [3.63, 3.8) is 0 Å². The van der Waals surface area contributed by atoms with Gasteiger partial charge in [0.2, 0.25) is 10.0 Å². The molecule has 9 heteroatoms. The zero-order chi connectivity index (χ0) is 15.8. The van der Waals surface area contributed by atoms with Crippen LogP contribution in [0.4, 0.5) is 18.9 Å². The topological polar surface area (TPSA) is 63.4 Å². The van der Waals surface area contributed by atoms with E-state index in [4.69, 9.17) is 17.3 Å². The Morgan fingerprint density at radius 1 is 1.24 bits per heavy atom. The van der Waals surface area contributed by atoms with E-state index >= 15 is 0 Å². The highest BCUT2D eigenvalue weighted by Crippen LogP contribution is 2.36. The van der Waals surface area contributed by atoms with E-state index < -0.39 is 22.1 Å². The van der Waals surface area contributed by atoms with Gasteiger partial charge in [-0.3, -0.25) is 0 Å². The van der Waals surface area contributed by atoms with Gasteiger partial charge >= 0.3 is 6.18 Å². The number of alkyl halides is 3. The number of piperidine rings is 1. The number of nitrogens with two attached hydrogens (primary N) is 1. The van der Waals surface area contributed by atoms with Crippen LogP contribution >= 0.6 is 11.6 Å². The van der Waals surface area contributed by atoms with Crippen molar-refractivity contribution in [1.29, 1.82) is 0 Å². The molecule has 2 rings (SSSR count). The maximum atomic E-state index is 12.6. The summed E-state index contributed by atoms with van der Waals surface area (Å²) in [6.07, 6.45) is -4.78. The van der Waals surface area contributed by atoms with Gasteiger partial charge in [-0.25, -0.2) is 8.42 Å². The number of sulfonamides is 1. The lowest BCUT2D eigenvalue weighted by Crippen LogP contribution is -2.42. The molecule has 0 bridgehead atoms. The SMILES string of the molecule is Nc1ccc(Cl)cc1S(=O)(=O)N1CCC(C(F)(F)F)CC1. The Bertz CT molecular complexity index is 626. The Morgan fingerprint density at radius 3 is 2.33 bits per heavy atom. The van der Waals surface area contributed by atoms with Gasteiger partial charge in [0.25, 0.3) is 0 Å². The third kappa shape index (κ3) is 3.44. The summed E-state index contributed by atoms with van der Waals surface area (Å²) in [5.74, 6) is -1.46. The second-order valence-corrected chi connectivity index (χ2v) is 7.24. The zero-order valence-corrected chi connectivity index (χ0v) is 12.5. The number of hydrogen-bond acceptors (Lipinski definition) is 3. The van der Waals surface area contributed by atoms with Crippen LogP contribution in [0.1, 0.15) is 12.8 Å². The predicted molar refractivity (Wildman–Crippen MR) is 73.4 cm³/mol. The van der Waals surface area contributed by atoms with E-state index in [0.29, 0.717) is 0 Å². The summed E-state index contributed by atoms with van der Waals surface area (Å²) in [6, 6.07) is 4.02. The Labute approximate surface area is 125 Å². The summed E-state index contributed by atoms with van der Waals surface area (Å²) in [5, 5.41) is 0.202. The van der Waals surface area contributed by atoms with Crippen LogP contribution in [-0.4, -0.2) is 32.0 Å². The third-order valence-electron chi connectivity index (χ3n) is 3.51. The molecule has 0 amide bonds. The summed E-state index contributed by atoms with van der Waals surface area (Å²) in [5.41, 5.74) is 5.66. The lowest BCUT2D eigenvalue weighted by molar-refractivity contribution is -0.182. The van der Waals surface area contributed by atoms with Gasteiger partial charge in [0.1, 0.15) is 4.90 Å². The maximum absolute atomic E-state index is 12.6. The molecule has 1 heterocycles. The fraction of sp³-hybridized carbons (Fsp3) is 0.500. The van der Waals surface area contributed by atoms with E-state index in [0.717, 1.165) is 4.31 Å². The molecule has 0 spiro atoms. The average Bonchev–Trinajstić information content (AvgIpc) is 2.40. The summed E-state index contributed by atoms with van der Waals surface area (Å²) >= 11 is 5.76. The number of hydrogen-bond donors (Lipinski definition) is 1. The smallest absolute Gasteiger partial charge is 0.391 e. The summed E-state index contributed by atoms with van der Waals surface area (Å²) in [4.78, 5) is -0.166. The van der Waals surface area contributed by atoms with Gasteiger partial charge in [-0.2, -0.15) is 17.5 Å². The quantitative estimate of drug-likeness (QED) is 0.840. The van der Waals surface area contributed by atoms with Crippen molar-refractivity contribution >= 4 is 27.3 Å². The van der Waals surface area contributed by atoms with Gasteiger partial charge in [-0.15, -0.1) is 0 Å². The molecule has 4 nitrogen and oxygen atoms in total. The number of rotatable bonds is 2. The molecule has 1 aromatic rings. The molecular weight excluding hydrogens is 329 g/mol. The van der Waals surface area contributed by atoms with Crippen LogP contribution in [0.5, 0.6) is 0 Å². The number of halogens is 4. The van der Waals surface area contributed by atoms with Gasteiger partial charge in [0, 0.05) is 18.1 Å². The van der Waals surface area contributed by atoms with E-state index in [1.54, 1.807) is 0 Å². The van der Waals surface area contributed by atoms with E-state index in [1.807, 2.05) is 0 Å². The number of anilines is 1. The molecule has 0 atom stereocenters. The minimum absolute atomic E-state index is 0.0253. The third-order valence-corrected chi connectivity index (χ3v) is 5.70. The van der Waals surface area contributed by atoms with Crippen molar-refractivity contribution in [2.45, 2.75) is 23.9 Å². The van der Waals surface area contributed by atoms with E-state index in [9.17, 15) is 21.6 Å². The van der Waals surface area contributed by atoms with Crippen LogP contribution in [0.2, 0.25) is 5.02 Å². The highest BCUT2D eigenvalue weighted by molar-refractivity contribution is 7.89. The summed E-state index contributed by atoms with van der Waals surface area (Å²) in [6.45, 7) is -0.364. The highest BCUT2D eigenvalue weighted by Gasteiger charge is 2.43. The molecule has 0 radical (unpaired) electrons. The fourth-order valence-corrected chi connectivity index (χ4v) is 4.14. The second-order valence-electron chi connectivity index (χ2n) is 4.90. The lowest BCUT2D eigenvalue weighted by Gasteiger charge is -2.32. The van der Waals surface area contributed by atoms with E-state index in [1.165, 1.54) is 18.2 Å². The van der Waals surface area contributed by atoms with E-state index in [2.05, 4.69) is 0 Å². The summed E-state index contributed by atoms with van der Waals surface area (Å²) < 4.78 is 63.7. The molecule has 1 saturated heterocycles. The molecule has 21 heavy (non-hydrogen) atoms. The largest absolute Gasteiger partial charge is 0.398 e. The second kappa shape index (κ2) is 5.66. The molecule has 1 aliphatic rings. The molecule has 118 valence electrons. The Kier molecular flexibility index (Phi) is 4.41. The van der Waals surface area contributed by atoms with Crippen LogP contribution in [-0.2, 0) is 10.0 Å². The van der Waals surface area contributed by atoms with Gasteiger partial charge < -0.3 is 5.73 Å². The molecule has 0 saturated carbocycles. The van der Waals surface area contributed by atoms with Crippen molar-refractivity contribution in [2.75, 3.05) is 18.8 Å². The molecule has 2 N–H and O–H groups in total. The van der Waals surface area contributed by atoms with Crippen LogP contribution in [0.15, 0.2) is 23.1 Å². The van der Waals surface area contributed by atoms with Crippen molar-refractivity contribution in [2.24, 2.45) is 5.92 Å². The standard InChI is InChI=1S/C12H14ClF3N2O2S/c13-9-1-2-10(17)11(7-9)21(19,20)18-5-3-8(4-6-18)12(14,15)16/h1-2,7-8H,3-6,17H2. The number of nitrogens with zero attached hydrogens (tertiary/aromatic N) is 1. The minimum Gasteiger partial charge on any atom is -0.398 e. The first-order valence-corrected chi connectivity index (χ1v) is 8.06. The first-order valence-electron chi connectivity index (χ1n) is 6.24. The fourth-order valence-electron chi connectivity index (χ4n) is 2.29. The molecular formula is C12H14ClF3N2O2S. The van der Waals surface area contributed by atoms with Gasteiger partial charge in [0.15, 0.2) is 0 Å². The van der Waals surface area contributed by atoms with Crippen LogP contribution < -0.4 is 5.73 Å². The average molecular weight is 343 g/mol. The monoisotopic (exact) mass is 342 g/mol. The van der Waals surface area contributed by atoms with Gasteiger partial charge in [0.05, 0.1) is 11.6 Å². The molecule has 0 aromatic heterocycles. The first kappa shape index (κ1) is 16.4. The van der Waals surface area contributed by atoms with Crippen molar-refractivity contribution in [3.8, 4) is 0 Å². The predicted octanol–water partition coefficient (Wildman–Crippen LogP) is 2.89. The van der Waals surface area contributed by atoms with Crippen LogP contribution in [0.25, 0.3) is 0 Å². The molecule has 0 aliphatic carbocycles. The Balaban J connectivity index is 2.21. The zero-order valence-electron chi connectivity index (χ0n) is 10.9. The molecule has 0 unspecified atom stereocenters. The van der Waals surface area contributed by atoms with Crippen LogP contribution in [0, 0.1) is 5.92 Å². The van der Waals surface area contributed by atoms with E-state index in [-0.39, 0.29) is 41.5 Å². The number of nitrogen functional groups attached to an aromatic ring is 1. The van der Waals surface area contributed by atoms with Crippen molar-refractivity contribution in [1.82, 2.24) is 4.31 Å². The van der Waals surface area contributed by atoms with Gasteiger partial charge in [-0.05, 0) is 31.0 Å². The molecule has 1 fully saturated rings. The first-order chi connectivity index (χ1) is 9.62. The Morgan fingerprint density at radius 2 is 1.81 bits per heavy atom. The number of benzene rings is 1. The summed E-state index contributed by atoms with van der Waals surface area (Å²) in [7, 11) is -3.93. The molecule has 1 aliphatic heterocycles. The molecule has 1 aromatic carbocycles. The Hall–Kier alpha value is -0.990. The van der Waals surface area contributed by atoms with Gasteiger partial charge in [-0.1, -0.05) is 11.6 Å². The van der Waals surface area contributed by atoms with Crippen molar-refractivity contribution < 1.29 is 21.6 Å². The highest BCUT2D eigenvalue weighted by atomic mass is 35.5. The maximum Gasteiger partial charge on any atom is 0.391 e.